The summed E-state index contributed by atoms with van der Waals surface area (Å²) in [4.78, 5) is 16.6. The number of hydrogen-bond acceptors (Lipinski definition) is 6. The van der Waals surface area contributed by atoms with Gasteiger partial charge in [0, 0.05) is 31.4 Å². The predicted octanol–water partition coefficient (Wildman–Crippen LogP) is 2.71. The number of thiophene rings is 1. The summed E-state index contributed by atoms with van der Waals surface area (Å²) >= 11 is 1.66. The standard InChI is InChI=1S/C15H16N6S/c1-3-12(22-10-1)14-18-13(19-20-14)11-4-8-21(9-5-11)15-16-6-2-7-17-15/h1-3,6-7,10-11H,4-5,8-9H2,(H,18,19,20). The van der Waals surface area contributed by atoms with Crippen molar-refractivity contribution in [3.63, 3.8) is 0 Å². The Morgan fingerprint density at radius 3 is 2.68 bits per heavy atom. The monoisotopic (exact) mass is 312 g/mol. The molecule has 22 heavy (non-hydrogen) atoms. The van der Waals surface area contributed by atoms with E-state index in [0.29, 0.717) is 5.92 Å². The average molecular weight is 312 g/mol. The third kappa shape index (κ3) is 2.59. The summed E-state index contributed by atoms with van der Waals surface area (Å²) in [6.07, 6.45) is 5.66. The first-order valence-corrected chi connectivity index (χ1v) is 8.26. The van der Waals surface area contributed by atoms with Crippen LogP contribution < -0.4 is 4.90 Å². The van der Waals surface area contributed by atoms with Crippen molar-refractivity contribution in [3.8, 4) is 10.7 Å². The summed E-state index contributed by atoms with van der Waals surface area (Å²) < 4.78 is 0. The van der Waals surface area contributed by atoms with Gasteiger partial charge in [0.1, 0.15) is 5.82 Å². The lowest BCUT2D eigenvalue weighted by molar-refractivity contribution is 0.482. The lowest BCUT2D eigenvalue weighted by Crippen LogP contribution is -2.34. The molecular formula is C15H16N6S. The van der Waals surface area contributed by atoms with E-state index in [1.807, 2.05) is 23.6 Å². The van der Waals surface area contributed by atoms with Crippen LogP contribution in [0.25, 0.3) is 10.7 Å². The van der Waals surface area contributed by atoms with Gasteiger partial charge >= 0.3 is 0 Å². The van der Waals surface area contributed by atoms with Gasteiger partial charge in [-0.2, -0.15) is 5.10 Å². The fourth-order valence-electron chi connectivity index (χ4n) is 2.78. The zero-order valence-electron chi connectivity index (χ0n) is 12.0. The van der Waals surface area contributed by atoms with Crippen LogP contribution in [0.5, 0.6) is 0 Å². The first-order chi connectivity index (χ1) is 10.9. The summed E-state index contributed by atoms with van der Waals surface area (Å²) in [6, 6.07) is 5.91. The molecule has 0 unspecified atom stereocenters. The van der Waals surface area contributed by atoms with Gasteiger partial charge in [-0.3, -0.25) is 5.10 Å². The maximum Gasteiger partial charge on any atom is 0.225 e. The van der Waals surface area contributed by atoms with Gasteiger partial charge in [0.25, 0.3) is 0 Å². The molecule has 1 aliphatic heterocycles. The highest BCUT2D eigenvalue weighted by molar-refractivity contribution is 7.13. The van der Waals surface area contributed by atoms with Crippen molar-refractivity contribution in [2.45, 2.75) is 18.8 Å². The molecule has 1 aliphatic rings. The van der Waals surface area contributed by atoms with Crippen molar-refractivity contribution < 1.29 is 0 Å². The van der Waals surface area contributed by atoms with Gasteiger partial charge in [-0.25, -0.2) is 15.0 Å². The second-order valence-corrected chi connectivity index (χ2v) is 6.28. The second-order valence-electron chi connectivity index (χ2n) is 5.33. The van der Waals surface area contributed by atoms with Crippen LogP contribution in [0.15, 0.2) is 36.0 Å². The molecular weight excluding hydrogens is 296 g/mol. The van der Waals surface area contributed by atoms with E-state index in [9.17, 15) is 0 Å². The van der Waals surface area contributed by atoms with Crippen molar-refractivity contribution in [2.75, 3.05) is 18.0 Å². The number of aromatic nitrogens is 5. The molecule has 0 aromatic carbocycles. The molecule has 7 heteroatoms. The van der Waals surface area contributed by atoms with Crippen LogP contribution in [0, 0.1) is 0 Å². The van der Waals surface area contributed by atoms with E-state index in [0.717, 1.165) is 48.4 Å². The molecule has 1 fully saturated rings. The lowest BCUT2D eigenvalue weighted by atomic mass is 9.96. The van der Waals surface area contributed by atoms with Gasteiger partial charge < -0.3 is 4.90 Å². The number of H-pyrrole nitrogens is 1. The minimum atomic E-state index is 0.432. The molecule has 1 N–H and O–H groups in total. The predicted molar refractivity (Wildman–Crippen MR) is 85.9 cm³/mol. The Balaban J connectivity index is 1.44. The summed E-state index contributed by atoms with van der Waals surface area (Å²) in [5, 5.41) is 9.51. The Kier molecular flexibility index (Phi) is 3.56. The number of hydrogen-bond donors (Lipinski definition) is 1. The van der Waals surface area contributed by atoms with Crippen molar-refractivity contribution in [1.29, 1.82) is 0 Å². The van der Waals surface area contributed by atoms with Crippen LogP contribution in [-0.4, -0.2) is 38.2 Å². The highest BCUT2D eigenvalue weighted by atomic mass is 32.1. The molecule has 1 saturated heterocycles. The van der Waals surface area contributed by atoms with Crippen LogP contribution in [0.3, 0.4) is 0 Å². The third-order valence-corrected chi connectivity index (χ3v) is 4.83. The Hall–Kier alpha value is -2.28. The molecule has 0 radical (unpaired) electrons. The first kappa shape index (κ1) is 13.4. The Morgan fingerprint density at radius 1 is 1.14 bits per heavy atom. The van der Waals surface area contributed by atoms with Gasteiger partial charge in [0.05, 0.1) is 4.88 Å². The molecule has 0 atom stereocenters. The highest BCUT2D eigenvalue weighted by Crippen LogP contribution is 2.29. The van der Waals surface area contributed by atoms with Crippen molar-refractivity contribution in [3.05, 3.63) is 41.8 Å². The largest absolute Gasteiger partial charge is 0.341 e. The summed E-state index contributed by atoms with van der Waals surface area (Å²) in [7, 11) is 0. The molecule has 3 aromatic heterocycles. The number of nitrogens with one attached hydrogen (secondary N) is 1. The highest BCUT2D eigenvalue weighted by Gasteiger charge is 2.24. The quantitative estimate of drug-likeness (QED) is 0.805. The van der Waals surface area contributed by atoms with E-state index in [4.69, 9.17) is 0 Å². The maximum atomic E-state index is 4.67. The van der Waals surface area contributed by atoms with Gasteiger partial charge in [0.15, 0.2) is 5.82 Å². The zero-order valence-corrected chi connectivity index (χ0v) is 12.8. The zero-order chi connectivity index (χ0) is 14.8. The van der Waals surface area contributed by atoms with Crippen molar-refractivity contribution >= 4 is 17.3 Å². The lowest BCUT2D eigenvalue weighted by Gasteiger charge is -2.30. The van der Waals surface area contributed by atoms with E-state index >= 15 is 0 Å². The number of anilines is 1. The normalized spacial score (nSPS) is 16.1. The fourth-order valence-corrected chi connectivity index (χ4v) is 3.44. The molecule has 0 amide bonds. The molecule has 4 heterocycles. The van der Waals surface area contributed by atoms with E-state index in [1.165, 1.54) is 0 Å². The van der Waals surface area contributed by atoms with Crippen LogP contribution in [0.2, 0.25) is 0 Å². The Labute approximate surface area is 132 Å². The molecule has 112 valence electrons. The minimum Gasteiger partial charge on any atom is -0.341 e. The Morgan fingerprint density at radius 2 is 1.95 bits per heavy atom. The first-order valence-electron chi connectivity index (χ1n) is 7.38. The fraction of sp³-hybridized carbons (Fsp3) is 0.333. The smallest absolute Gasteiger partial charge is 0.225 e. The Bertz CT molecular complexity index is 716. The van der Waals surface area contributed by atoms with Crippen molar-refractivity contribution in [1.82, 2.24) is 25.1 Å². The molecule has 6 nitrogen and oxygen atoms in total. The molecule has 3 aromatic rings. The van der Waals surface area contributed by atoms with Crippen molar-refractivity contribution in [2.24, 2.45) is 0 Å². The van der Waals surface area contributed by atoms with Gasteiger partial charge in [-0.15, -0.1) is 11.3 Å². The van der Waals surface area contributed by atoms with Crippen LogP contribution in [-0.2, 0) is 0 Å². The SMILES string of the molecule is c1cnc(N2CCC(c3nc(-c4cccs4)n[nH]3)CC2)nc1. The molecule has 0 aliphatic carbocycles. The number of piperidine rings is 1. The minimum absolute atomic E-state index is 0.432. The van der Waals surface area contributed by atoms with E-state index in [2.05, 4.69) is 30.0 Å². The van der Waals surface area contributed by atoms with E-state index in [-0.39, 0.29) is 0 Å². The van der Waals surface area contributed by atoms with Crippen LogP contribution in [0.4, 0.5) is 5.95 Å². The summed E-state index contributed by atoms with van der Waals surface area (Å²) in [6.45, 7) is 1.90. The third-order valence-electron chi connectivity index (χ3n) is 3.96. The van der Waals surface area contributed by atoms with E-state index in [1.54, 1.807) is 23.7 Å². The van der Waals surface area contributed by atoms with Gasteiger partial charge in [0.2, 0.25) is 5.95 Å². The average Bonchev–Trinajstić information content (AvgIpc) is 3.27. The molecule has 4 rings (SSSR count). The number of aromatic amines is 1. The van der Waals surface area contributed by atoms with Gasteiger partial charge in [-0.05, 0) is 30.4 Å². The summed E-state index contributed by atoms with van der Waals surface area (Å²) in [5.74, 6) is 3.05. The van der Waals surface area contributed by atoms with Crippen LogP contribution in [0.1, 0.15) is 24.6 Å². The van der Waals surface area contributed by atoms with Gasteiger partial charge in [-0.1, -0.05) is 6.07 Å². The van der Waals surface area contributed by atoms with E-state index < -0.39 is 0 Å². The topological polar surface area (TPSA) is 70.6 Å². The maximum absolute atomic E-state index is 4.67. The number of nitrogens with zero attached hydrogens (tertiary/aromatic N) is 5. The number of rotatable bonds is 3. The molecule has 0 spiro atoms. The second kappa shape index (κ2) is 5.84. The molecule has 0 saturated carbocycles. The van der Waals surface area contributed by atoms with Crippen LogP contribution >= 0.6 is 11.3 Å². The summed E-state index contributed by atoms with van der Waals surface area (Å²) in [5.41, 5.74) is 0. The molecule has 0 bridgehead atoms.